The molecule has 1 unspecified atom stereocenters. The van der Waals surface area contributed by atoms with Crippen molar-refractivity contribution >= 4 is 45.3 Å². The molecule has 0 aliphatic carbocycles. The van der Waals surface area contributed by atoms with Crippen molar-refractivity contribution in [1.82, 2.24) is 10.2 Å². The summed E-state index contributed by atoms with van der Waals surface area (Å²) in [7, 11) is 0. The van der Waals surface area contributed by atoms with Gasteiger partial charge in [0.25, 0.3) is 0 Å². The van der Waals surface area contributed by atoms with Gasteiger partial charge in [-0.2, -0.15) is 0 Å². The van der Waals surface area contributed by atoms with Crippen molar-refractivity contribution in [1.29, 1.82) is 0 Å². The number of carbonyl (C=O) groups excluding carboxylic acids is 1. The van der Waals surface area contributed by atoms with E-state index in [1.165, 1.54) is 11.3 Å². The largest absolute Gasteiger partial charge is 0.299 e. The Balaban J connectivity index is 2.11. The van der Waals surface area contributed by atoms with Gasteiger partial charge in [-0.15, -0.1) is 33.1 Å². The molecule has 0 radical (unpaired) electrons. The first kappa shape index (κ1) is 11.5. The zero-order valence-corrected chi connectivity index (χ0v) is 10.7. The molecule has 0 saturated heterocycles. The maximum atomic E-state index is 11.3. The first-order valence-corrected chi connectivity index (χ1v) is 6.62. The summed E-state index contributed by atoms with van der Waals surface area (Å²) in [6.45, 7) is 1.61. The highest BCUT2D eigenvalue weighted by Gasteiger charge is 2.13. The Morgan fingerprint density at radius 1 is 1.56 bits per heavy atom. The van der Waals surface area contributed by atoms with Crippen molar-refractivity contribution in [2.45, 2.75) is 12.3 Å². The SMILES string of the molecule is CC(Cl)C(=O)Nc1nnc(-c2cccs2)s1. The van der Waals surface area contributed by atoms with E-state index in [0.717, 1.165) is 9.88 Å². The van der Waals surface area contributed by atoms with Gasteiger partial charge in [-0.3, -0.25) is 10.1 Å². The molecular weight excluding hydrogens is 266 g/mol. The van der Waals surface area contributed by atoms with Crippen LogP contribution in [-0.4, -0.2) is 21.5 Å². The van der Waals surface area contributed by atoms with Crippen molar-refractivity contribution in [3.05, 3.63) is 17.5 Å². The van der Waals surface area contributed by atoms with E-state index in [2.05, 4.69) is 15.5 Å². The molecule has 0 fully saturated rings. The molecule has 2 aromatic rings. The number of hydrogen-bond acceptors (Lipinski definition) is 5. The number of thiophene rings is 1. The van der Waals surface area contributed by atoms with Crippen LogP contribution in [0.2, 0.25) is 0 Å². The van der Waals surface area contributed by atoms with Crippen LogP contribution in [-0.2, 0) is 4.79 Å². The smallest absolute Gasteiger partial charge is 0.243 e. The predicted octanol–water partition coefficient (Wildman–Crippen LogP) is 2.83. The molecule has 0 spiro atoms. The van der Waals surface area contributed by atoms with Crippen LogP contribution in [0.4, 0.5) is 5.13 Å². The van der Waals surface area contributed by atoms with E-state index in [9.17, 15) is 4.79 Å². The van der Waals surface area contributed by atoms with Crippen LogP contribution in [0, 0.1) is 0 Å². The Labute approximate surface area is 105 Å². The lowest BCUT2D eigenvalue weighted by Crippen LogP contribution is -2.20. The lowest BCUT2D eigenvalue weighted by molar-refractivity contribution is -0.115. The van der Waals surface area contributed by atoms with E-state index in [1.807, 2.05) is 17.5 Å². The highest BCUT2D eigenvalue weighted by atomic mass is 35.5. The number of carbonyl (C=O) groups is 1. The number of nitrogens with one attached hydrogen (secondary N) is 1. The highest BCUT2D eigenvalue weighted by Crippen LogP contribution is 2.29. The summed E-state index contributed by atoms with van der Waals surface area (Å²) in [6, 6.07) is 3.90. The predicted molar refractivity (Wildman–Crippen MR) is 67.2 cm³/mol. The summed E-state index contributed by atoms with van der Waals surface area (Å²) in [5.41, 5.74) is 0. The van der Waals surface area contributed by atoms with Crippen LogP contribution < -0.4 is 5.32 Å². The summed E-state index contributed by atoms with van der Waals surface area (Å²) in [6.07, 6.45) is 0. The molecule has 2 aromatic heterocycles. The molecule has 1 amide bonds. The number of aromatic nitrogens is 2. The van der Waals surface area contributed by atoms with Crippen LogP contribution in [0.5, 0.6) is 0 Å². The van der Waals surface area contributed by atoms with Crippen molar-refractivity contribution in [2.75, 3.05) is 5.32 Å². The zero-order valence-electron chi connectivity index (χ0n) is 8.31. The van der Waals surface area contributed by atoms with Crippen LogP contribution in [0.15, 0.2) is 17.5 Å². The molecule has 0 aliphatic rings. The molecule has 7 heteroatoms. The molecule has 16 heavy (non-hydrogen) atoms. The first-order valence-electron chi connectivity index (χ1n) is 4.49. The van der Waals surface area contributed by atoms with Crippen LogP contribution in [0.1, 0.15) is 6.92 Å². The van der Waals surface area contributed by atoms with Crippen LogP contribution >= 0.6 is 34.3 Å². The molecule has 0 aliphatic heterocycles. The minimum absolute atomic E-state index is 0.268. The number of rotatable bonds is 3. The van der Waals surface area contributed by atoms with Crippen LogP contribution in [0.25, 0.3) is 9.88 Å². The Kier molecular flexibility index (Phi) is 3.52. The first-order chi connectivity index (χ1) is 7.66. The Bertz CT molecular complexity index is 481. The quantitative estimate of drug-likeness (QED) is 0.875. The average molecular weight is 274 g/mol. The van der Waals surface area contributed by atoms with E-state index in [0.29, 0.717) is 5.13 Å². The maximum absolute atomic E-state index is 11.3. The number of nitrogens with zero attached hydrogens (tertiary/aromatic N) is 2. The van der Waals surface area contributed by atoms with Gasteiger partial charge in [0.05, 0.1) is 4.88 Å². The fourth-order valence-electron chi connectivity index (χ4n) is 0.978. The van der Waals surface area contributed by atoms with Gasteiger partial charge >= 0.3 is 0 Å². The van der Waals surface area contributed by atoms with Gasteiger partial charge in [0, 0.05) is 0 Å². The lowest BCUT2D eigenvalue weighted by atomic mass is 10.4. The topological polar surface area (TPSA) is 54.9 Å². The van der Waals surface area contributed by atoms with Gasteiger partial charge in [-0.1, -0.05) is 17.4 Å². The Morgan fingerprint density at radius 2 is 2.38 bits per heavy atom. The number of anilines is 1. The number of hydrogen-bond donors (Lipinski definition) is 1. The molecule has 2 rings (SSSR count). The van der Waals surface area contributed by atoms with Crippen molar-refractivity contribution in [3.8, 4) is 9.88 Å². The van der Waals surface area contributed by atoms with Gasteiger partial charge in [0.2, 0.25) is 11.0 Å². The second kappa shape index (κ2) is 4.90. The van der Waals surface area contributed by atoms with Gasteiger partial charge < -0.3 is 0 Å². The number of halogens is 1. The van der Waals surface area contributed by atoms with Gasteiger partial charge in [-0.25, -0.2) is 0 Å². The third-order valence-corrected chi connectivity index (χ3v) is 3.82. The maximum Gasteiger partial charge on any atom is 0.243 e. The van der Waals surface area contributed by atoms with Crippen molar-refractivity contribution < 1.29 is 4.79 Å². The fourth-order valence-corrected chi connectivity index (χ4v) is 2.57. The second-order valence-electron chi connectivity index (χ2n) is 2.99. The Hall–Kier alpha value is -0.980. The molecule has 84 valence electrons. The fraction of sp³-hybridized carbons (Fsp3) is 0.222. The van der Waals surface area contributed by atoms with Crippen molar-refractivity contribution in [2.24, 2.45) is 0 Å². The summed E-state index contributed by atoms with van der Waals surface area (Å²) in [5, 5.41) is 13.1. The third kappa shape index (κ3) is 2.58. The van der Waals surface area contributed by atoms with E-state index < -0.39 is 5.38 Å². The van der Waals surface area contributed by atoms with E-state index >= 15 is 0 Å². The normalized spacial score (nSPS) is 12.4. The molecule has 1 atom stereocenters. The molecular formula is C9H8ClN3OS2. The van der Waals surface area contributed by atoms with Gasteiger partial charge in [0.15, 0.2) is 5.01 Å². The highest BCUT2D eigenvalue weighted by molar-refractivity contribution is 7.23. The third-order valence-electron chi connectivity index (χ3n) is 1.75. The monoisotopic (exact) mass is 273 g/mol. The standard InChI is InChI=1S/C9H8ClN3OS2/c1-5(10)7(14)11-9-13-12-8(16-9)6-3-2-4-15-6/h2-5H,1H3,(H,11,13,14). The van der Waals surface area contributed by atoms with Gasteiger partial charge in [0.1, 0.15) is 5.38 Å². The molecule has 2 heterocycles. The summed E-state index contributed by atoms with van der Waals surface area (Å²) in [5.74, 6) is -0.268. The van der Waals surface area contributed by atoms with E-state index in [-0.39, 0.29) is 5.91 Å². The number of amides is 1. The summed E-state index contributed by atoms with van der Waals surface area (Å²) >= 11 is 8.55. The van der Waals surface area contributed by atoms with Crippen LogP contribution in [0.3, 0.4) is 0 Å². The molecule has 1 N–H and O–H groups in total. The average Bonchev–Trinajstić information content (AvgIpc) is 2.85. The zero-order chi connectivity index (χ0) is 11.5. The molecule has 0 aromatic carbocycles. The minimum atomic E-state index is -0.575. The van der Waals surface area contributed by atoms with Crippen molar-refractivity contribution in [3.63, 3.8) is 0 Å². The van der Waals surface area contributed by atoms with E-state index in [4.69, 9.17) is 11.6 Å². The van der Waals surface area contributed by atoms with Gasteiger partial charge in [-0.05, 0) is 18.4 Å². The Morgan fingerprint density at radius 3 is 3.00 bits per heavy atom. The summed E-state index contributed by atoms with van der Waals surface area (Å²) in [4.78, 5) is 12.3. The molecule has 4 nitrogen and oxygen atoms in total. The second-order valence-corrected chi connectivity index (χ2v) is 5.57. The molecule has 0 bridgehead atoms. The molecule has 0 saturated carbocycles. The minimum Gasteiger partial charge on any atom is -0.299 e. The van der Waals surface area contributed by atoms with E-state index in [1.54, 1.807) is 18.3 Å². The number of alkyl halides is 1. The lowest BCUT2D eigenvalue weighted by Gasteiger charge is -2.00. The summed E-state index contributed by atoms with van der Waals surface area (Å²) < 4.78 is 0.